The van der Waals surface area contributed by atoms with Gasteiger partial charge in [0.1, 0.15) is 5.41 Å². The second-order valence-electron chi connectivity index (χ2n) is 9.99. The summed E-state index contributed by atoms with van der Waals surface area (Å²) in [6, 6.07) is 24.7. The summed E-state index contributed by atoms with van der Waals surface area (Å²) in [6.45, 7) is 7.52. The van der Waals surface area contributed by atoms with Gasteiger partial charge in [-0.05, 0) is 55.7 Å². The van der Waals surface area contributed by atoms with E-state index in [9.17, 15) is 4.79 Å². The molecule has 1 saturated heterocycles. The van der Waals surface area contributed by atoms with Gasteiger partial charge in [0.2, 0.25) is 0 Å². The van der Waals surface area contributed by atoms with Gasteiger partial charge in [0.05, 0.1) is 17.4 Å². The van der Waals surface area contributed by atoms with E-state index in [-0.39, 0.29) is 11.9 Å². The highest BCUT2D eigenvalue weighted by Gasteiger charge is 2.59. The minimum Gasteiger partial charge on any atom is -0.364 e. The molecule has 35 heavy (non-hydrogen) atoms. The van der Waals surface area contributed by atoms with Gasteiger partial charge in [-0.15, -0.1) is 0 Å². The number of anilines is 2. The smallest absolute Gasteiger partial charge is 0.261 e. The Bertz CT molecular complexity index is 1310. The van der Waals surface area contributed by atoms with Crippen molar-refractivity contribution in [2.75, 3.05) is 29.5 Å². The molecule has 3 aromatic rings. The fourth-order valence-corrected chi connectivity index (χ4v) is 6.15. The Morgan fingerprint density at radius 3 is 2.54 bits per heavy atom. The van der Waals surface area contributed by atoms with Crippen LogP contribution in [0.15, 0.2) is 77.9 Å². The molecule has 0 N–H and O–H groups in total. The highest BCUT2D eigenvalue weighted by atomic mass is 35.5. The van der Waals surface area contributed by atoms with Crippen molar-refractivity contribution in [3.8, 4) is 0 Å². The topological polar surface area (TPSA) is 39.2 Å². The van der Waals surface area contributed by atoms with Crippen LogP contribution in [0.4, 0.5) is 11.4 Å². The molecule has 0 aliphatic carbocycles. The van der Waals surface area contributed by atoms with Gasteiger partial charge in [-0.25, -0.2) is 0 Å². The van der Waals surface area contributed by atoms with Crippen molar-refractivity contribution < 1.29 is 4.79 Å². The summed E-state index contributed by atoms with van der Waals surface area (Å²) in [4.78, 5) is 19.2. The molecular weight excluding hydrogens is 456 g/mol. The maximum Gasteiger partial charge on any atom is 0.261 e. The standard InChI is InChI=1S/C29H29ClN4O/c1-20-8-12-25(13-9-20)34-28(35)29(21(2)31-34)17-23-10-11-24(30)16-26(23)33-15-14-32(19-27(29)33)18-22-6-4-3-5-7-22/h3-13,16,27H,14-15,17-19H2,1-2H3/t27-,29-/m1/s1. The molecule has 3 aromatic carbocycles. The number of amides is 1. The van der Waals surface area contributed by atoms with E-state index < -0.39 is 5.41 Å². The number of aryl methyl sites for hydroxylation is 1. The highest BCUT2D eigenvalue weighted by molar-refractivity contribution is 6.31. The predicted octanol–water partition coefficient (Wildman–Crippen LogP) is 5.30. The average Bonchev–Trinajstić information content (AvgIpc) is 3.11. The van der Waals surface area contributed by atoms with Crippen LogP contribution in [0.1, 0.15) is 23.6 Å². The molecule has 0 unspecified atom stereocenters. The van der Waals surface area contributed by atoms with Gasteiger partial charge in [0.25, 0.3) is 5.91 Å². The number of carbonyl (C=O) groups excluding carboxylic acids is 1. The van der Waals surface area contributed by atoms with Gasteiger partial charge in [-0.2, -0.15) is 10.1 Å². The van der Waals surface area contributed by atoms with Gasteiger partial charge in [0.15, 0.2) is 0 Å². The number of carbonyl (C=O) groups is 1. The third kappa shape index (κ3) is 3.65. The SMILES string of the molecule is CC1=NN(c2ccc(C)cc2)C(=O)[C@]12Cc1ccc(Cl)cc1N1CCN(Cc3ccccc3)C[C@@H]12. The lowest BCUT2D eigenvalue weighted by Crippen LogP contribution is -2.66. The molecule has 0 radical (unpaired) electrons. The maximum absolute atomic E-state index is 14.3. The zero-order valence-electron chi connectivity index (χ0n) is 20.1. The van der Waals surface area contributed by atoms with Crippen LogP contribution in [0.25, 0.3) is 0 Å². The fraction of sp³-hybridized carbons (Fsp3) is 0.310. The number of rotatable bonds is 3. The number of piperazine rings is 1. The number of hydrazone groups is 1. The van der Waals surface area contributed by atoms with E-state index in [2.05, 4.69) is 59.2 Å². The Morgan fingerprint density at radius 1 is 1.00 bits per heavy atom. The number of halogens is 1. The number of hydrogen-bond donors (Lipinski definition) is 0. The Morgan fingerprint density at radius 2 is 1.77 bits per heavy atom. The maximum atomic E-state index is 14.3. The van der Waals surface area contributed by atoms with Crippen molar-refractivity contribution in [2.24, 2.45) is 10.5 Å². The Labute approximate surface area is 211 Å². The largest absolute Gasteiger partial charge is 0.364 e. The Hall–Kier alpha value is -3.15. The van der Waals surface area contributed by atoms with Crippen molar-refractivity contribution in [3.05, 3.63) is 94.5 Å². The first kappa shape index (κ1) is 22.3. The number of nitrogens with zero attached hydrogens (tertiary/aromatic N) is 4. The van der Waals surface area contributed by atoms with E-state index in [0.717, 1.165) is 59.4 Å². The van der Waals surface area contributed by atoms with Crippen molar-refractivity contribution in [3.63, 3.8) is 0 Å². The third-order valence-corrected chi connectivity index (χ3v) is 8.09. The van der Waals surface area contributed by atoms with Gasteiger partial charge in [0, 0.05) is 36.9 Å². The molecule has 0 saturated carbocycles. The molecule has 1 spiro atoms. The lowest BCUT2D eigenvalue weighted by molar-refractivity contribution is -0.125. The number of hydrogen-bond acceptors (Lipinski definition) is 4. The lowest BCUT2D eigenvalue weighted by Gasteiger charge is -2.53. The molecule has 2 atom stereocenters. The van der Waals surface area contributed by atoms with Crippen LogP contribution in [0.2, 0.25) is 5.02 Å². The Balaban J connectivity index is 1.41. The third-order valence-electron chi connectivity index (χ3n) is 7.86. The monoisotopic (exact) mass is 484 g/mol. The molecule has 1 fully saturated rings. The van der Waals surface area contributed by atoms with Crippen LogP contribution in [0.3, 0.4) is 0 Å². The highest BCUT2D eigenvalue weighted by Crippen LogP contribution is 2.48. The molecule has 5 nitrogen and oxygen atoms in total. The molecule has 0 bridgehead atoms. The lowest BCUT2D eigenvalue weighted by atomic mass is 9.67. The summed E-state index contributed by atoms with van der Waals surface area (Å²) in [7, 11) is 0. The predicted molar refractivity (Wildman–Crippen MR) is 142 cm³/mol. The van der Waals surface area contributed by atoms with Crippen molar-refractivity contribution in [2.45, 2.75) is 32.9 Å². The van der Waals surface area contributed by atoms with E-state index in [4.69, 9.17) is 16.7 Å². The second-order valence-corrected chi connectivity index (χ2v) is 10.4. The van der Waals surface area contributed by atoms with E-state index in [1.54, 1.807) is 5.01 Å². The van der Waals surface area contributed by atoms with Crippen molar-refractivity contribution >= 4 is 34.6 Å². The van der Waals surface area contributed by atoms with Gasteiger partial charge in [-0.3, -0.25) is 9.69 Å². The van der Waals surface area contributed by atoms with Gasteiger partial charge in [-0.1, -0.05) is 65.7 Å². The van der Waals surface area contributed by atoms with Crippen LogP contribution in [-0.4, -0.2) is 42.2 Å². The molecule has 0 aromatic heterocycles. The van der Waals surface area contributed by atoms with Crippen molar-refractivity contribution in [1.82, 2.24) is 4.90 Å². The summed E-state index contributed by atoms with van der Waals surface area (Å²) >= 11 is 6.43. The summed E-state index contributed by atoms with van der Waals surface area (Å²) in [5, 5.41) is 7.23. The van der Waals surface area contributed by atoms with Crippen LogP contribution < -0.4 is 9.91 Å². The molecule has 3 aliphatic rings. The normalized spacial score (nSPS) is 23.9. The minimum atomic E-state index is -0.707. The molecule has 178 valence electrons. The Kier molecular flexibility index (Phi) is 5.42. The molecular formula is C29H29ClN4O. The van der Waals surface area contributed by atoms with Crippen LogP contribution in [-0.2, 0) is 17.8 Å². The summed E-state index contributed by atoms with van der Waals surface area (Å²) in [5.41, 5.74) is 5.77. The zero-order valence-corrected chi connectivity index (χ0v) is 20.9. The molecule has 6 rings (SSSR count). The van der Waals surface area contributed by atoms with Crippen LogP contribution in [0.5, 0.6) is 0 Å². The second kappa shape index (κ2) is 8.51. The first-order valence-electron chi connectivity index (χ1n) is 12.2. The van der Waals surface area contributed by atoms with E-state index in [1.165, 1.54) is 5.56 Å². The molecule has 6 heteroatoms. The quantitative estimate of drug-likeness (QED) is 0.506. The first-order chi connectivity index (χ1) is 17.0. The molecule has 1 amide bonds. The average molecular weight is 485 g/mol. The summed E-state index contributed by atoms with van der Waals surface area (Å²) < 4.78 is 0. The summed E-state index contributed by atoms with van der Waals surface area (Å²) in [6.07, 6.45) is 0.635. The number of fused-ring (bicyclic) bond motifs is 4. The van der Waals surface area contributed by atoms with Crippen LogP contribution in [0, 0.1) is 12.3 Å². The summed E-state index contributed by atoms with van der Waals surface area (Å²) in [5.74, 6) is 0.0658. The van der Waals surface area contributed by atoms with Gasteiger partial charge < -0.3 is 4.90 Å². The molecule has 3 aliphatic heterocycles. The van der Waals surface area contributed by atoms with Crippen LogP contribution >= 0.6 is 11.6 Å². The van der Waals surface area contributed by atoms with E-state index in [0.29, 0.717) is 6.42 Å². The van der Waals surface area contributed by atoms with E-state index in [1.807, 2.05) is 37.3 Å². The first-order valence-corrected chi connectivity index (χ1v) is 12.6. The molecule has 3 heterocycles. The van der Waals surface area contributed by atoms with E-state index >= 15 is 0 Å². The minimum absolute atomic E-state index is 0.0161. The zero-order chi connectivity index (χ0) is 24.2. The van der Waals surface area contributed by atoms with Crippen molar-refractivity contribution in [1.29, 1.82) is 0 Å². The number of benzene rings is 3. The fourth-order valence-electron chi connectivity index (χ4n) is 5.98. The van der Waals surface area contributed by atoms with Gasteiger partial charge >= 0.3 is 0 Å².